The fourth-order valence-corrected chi connectivity index (χ4v) is 4.67. The minimum Gasteiger partial charge on any atom is -0.302 e. The maximum absolute atomic E-state index is 12.2. The van der Waals surface area contributed by atoms with Crippen molar-refractivity contribution in [2.75, 3.05) is 17.8 Å². The van der Waals surface area contributed by atoms with Crippen molar-refractivity contribution in [1.82, 2.24) is 4.98 Å². The van der Waals surface area contributed by atoms with Gasteiger partial charge in [-0.3, -0.25) is 4.79 Å². The van der Waals surface area contributed by atoms with Gasteiger partial charge in [-0.25, -0.2) is 21.8 Å². The van der Waals surface area contributed by atoms with E-state index in [1.54, 1.807) is 18.2 Å². The normalized spacial score (nSPS) is 12.2. The van der Waals surface area contributed by atoms with E-state index in [2.05, 4.69) is 10.3 Å². The third-order valence-electron chi connectivity index (χ3n) is 3.75. The predicted molar refractivity (Wildman–Crippen MR) is 105 cm³/mol. The molecule has 3 aromatic rings. The van der Waals surface area contributed by atoms with Crippen molar-refractivity contribution in [3.05, 3.63) is 48.0 Å². The second-order valence-electron chi connectivity index (χ2n) is 6.06. The zero-order valence-corrected chi connectivity index (χ0v) is 16.9. The lowest BCUT2D eigenvalue weighted by Crippen LogP contribution is -2.14. The van der Waals surface area contributed by atoms with E-state index >= 15 is 0 Å². The summed E-state index contributed by atoms with van der Waals surface area (Å²) in [5.41, 5.74) is 1.26. The third kappa shape index (κ3) is 4.71. The minimum absolute atomic E-state index is 0.0640. The molecule has 0 unspecified atom stereocenters. The quantitative estimate of drug-likeness (QED) is 0.673. The van der Waals surface area contributed by atoms with Gasteiger partial charge in [0.15, 0.2) is 24.8 Å². The van der Waals surface area contributed by atoms with Gasteiger partial charge >= 0.3 is 0 Å². The third-order valence-corrected chi connectivity index (χ3v) is 6.92. The molecular formula is C17H16N2O5S3. The lowest BCUT2D eigenvalue weighted by atomic mass is 10.1. The number of hydrogen-bond acceptors (Lipinski definition) is 7. The SMILES string of the molecule is CS(=O)(=O)c1ccc(CC(=O)Nc2nc3ccc(S(C)(=O)=O)cc3s2)cc1. The van der Waals surface area contributed by atoms with Gasteiger partial charge in [0.25, 0.3) is 0 Å². The molecule has 0 saturated carbocycles. The van der Waals surface area contributed by atoms with Crippen LogP contribution >= 0.6 is 11.3 Å². The highest BCUT2D eigenvalue weighted by Gasteiger charge is 2.13. The van der Waals surface area contributed by atoms with Gasteiger partial charge in [0.2, 0.25) is 5.91 Å². The minimum atomic E-state index is -3.31. The molecule has 3 rings (SSSR count). The largest absolute Gasteiger partial charge is 0.302 e. The predicted octanol–water partition coefficient (Wildman–Crippen LogP) is 2.28. The van der Waals surface area contributed by atoms with Crippen LogP contribution in [0.1, 0.15) is 5.56 Å². The van der Waals surface area contributed by atoms with Crippen LogP contribution in [0.5, 0.6) is 0 Å². The summed E-state index contributed by atoms with van der Waals surface area (Å²) in [6.07, 6.45) is 2.32. The molecule has 1 aromatic heterocycles. The zero-order chi connectivity index (χ0) is 19.8. The molecule has 0 fully saturated rings. The molecule has 10 heteroatoms. The lowest BCUT2D eigenvalue weighted by Gasteiger charge is -2.03. The van der Waals surface area contributed by atoms with Crippen LogP contribution in [0.15, 0.2) is 52.3 Å². The summed E-state index contributed by atoms with van der Waals surface area (Å²) in [6.45, 7) is 0. The van der Waals surface area contributed by atoms with Crippen molar-refractivity contribution in [2.45, 2.75) is 16.2 Å². The van der Waals surface area contributed by atoms with Crippen molar-refractivity contribution in [3.8, 4) is 0 Å². The molecule has 0 bridgehead atoms. The number of carbonyl (C=O) groups excluding carboxylic acids is 1. The molecule has 7 nitrogen and oxygen atoms in total. The van der Waals surface area contributed by atoms with Crippen molar-refractivity contribution in [3.63, 3.8) is 0 Å². The highest BCUT2D eigenvalue weighted by atomic mass is 32.2. The fraction of sp³-hybridized carbons (Fsp3) is 0.176. The van der Waals surface area contributed by atoms with Crippen LogP contribution in [0, 0.1) is 0 Å². The highest BCUT2D eigenvalue weighted by Crippen LogP contribution is 2.28. The summed E-state index contributed by atoms with van der Waals surface area (Å²) in [5, 5.41) is 3.05. The standard InChI is InChI=1S/C17H16N2O5S3/c1-26(21,22)12-5-3-11(4-6-12)9-16(20)19-17-18-14-8-7-13(27(2,23)24)10-15(14)25-17/h3-8,10H,9H2,1-2H3,(H,18,19,20). The second kappa shape index (κ2) is 7.02. The summed E-state index contributed by atoms with van der Waals surface area (Å²) in [7, 11) is -6.59. The first kappa shape index (κ1) is 19.5. The molecular weight excluding hydrogens is 408 g/mol. The van der Waals surface area contributed by atoms with E-state index in [0.29, 0.717) is 20.9 Å². The molecule has 1 heterocycles. The molecule has 0 atom stereocenters. The molecule has 1 N–H and O–H groups in total. The van der Waals surface area contributed by atoms with E-state index in [1.807, 2.05) is 0 Å². The molecule has 0 radical (unpaired) electrons. The monoisotopic (exact) mass is 424 g/mol. The number of thiazole rings is 1. The Morgan fingerprint density at radius 2 is 1.56 bits per heavy atom. The number of amides is 1. The average molecular weight is 425 g/mol. The number of carbonyl (C=O) groups is 1. The van der Waals surface area contributed by atoms with Gasteiger partial charge in [0.05, 0.1) is 26.4 Å². The maximum Gasteiger partial charge on any atom is 0.230 e. The lowest BCUT2D eigenvalue weighted by molar-refractivity contribution is -0.115. The molecule has 0 aliphatic heterocycles. The van der Waals surface area contributed by atoms with Crippen LogP contribution in [-0.2, 0) is 30.9 Å². The van der Waals surface area contributed by atoms with Crippen LogP contribution in [0.25, 0.3) is 10.2 Å². The van der Waals surface area contributed by atoms with E-state index in [9.17, 15) is 21.6 Å². The molecule has 0 aliphatic carbocycles. The average Bonchev–Trinajstić information content (AvgIpc) is 2.94. The molecule has 0 spiro atoms. The fourth-order valence-electron chi connectivity index (χ4n) is 2.39. The number of hydrogen-bond donors (Lipinski definition) is 1. The first-order chi connectivity index (χ1) is 12.5. The number of fused-ring (bicyclic) bond motifs is 1. The van der Waals surface area contributed by atoms with Gasteiger partial charge in [-0.05, 0) is 35.9 Å². The Morgan fingerprint density at radius 1 is 0.963 bits per heavy atom. The van der Waals surface area contributed by atoms with E-state index in [1.165, 1.54) is 35.6 Å². The number of anilines is 1. The smallest absolute Gasteiger partial charge is 0.230 e. The van der Waals surface area contributed by atoms with Crippen LogP contribution < -0.4 is 5.32 Å². The van der Waals surface area contributed by atoms with E-state index in [4.69, 9.17) is 0 Å². The number of nitrogens with zero attached hydrogens (tertiary/aromatic N) is 1. The van der Waals surface area contributed by atoms with Gasteiger partial charge in [0.1, 0.15) is 0 Å². The topological polar surface area (TPSA) is 110 Å². The first-order valence-electron chi connectivity index (χ1n) is 7.72. The number of nitrogens with one attached hydrogen (secondary N) is 1. The maximum atomic E-state index is 12.2. The number of benzene rings is 2. The Bertz CT molecular complexity index is 1230. The second-order valence-corrected chi connectivity index (χ2v) is 11.1. The van der Waals surface area contributed by atoms with Crippen LogP contribution in [-0.4, -0.2) is 40.2 Å². The molecule has 1 amide bonds. The summed E-state index contributed by atoms with van der Waals surface area (Å²) >= 11 is 1.19. The Balaban J connectivity index is 1.74. The summed E-state index contributed by atoms with van der Waals surface area (Å²) in [5.74, 6) is -0.301. The van der Waals surface area contributed by atoms with Gasteiger partial charge in [-0.1, -0.05) is 23.5 Å². The molecule has 0 aliphatic rings. The van der Waals surface area contributed by atoms with Crippen LogP contribution in [0.3, 0.4) is 0 Å². The van der Waals surface area contributed by atoms with Crippen LogP contribution in [0.2, 0.25) is 0 Å². The van der Waals surface area contributed by atoms with E-state index in [-0.39, 0.29) is 22.1 Å². The van der Waals surface area contributed by atoms with Crippen molar-refractivity contribution < 1.29 is 21.6 Å². The Labute approximate surface area is 160 Å². The Hall–Kier alpha value is -2.30. The first-order valence-corrected chi connectivity index (χ1v) is 12.3. The van der Waals surface area contributed by atoms with Gasteiger partial charge in [-0.15, -0.1) is 0 Å². The van der Waals surface area contributed by atoms with E-state index < -0.39 is 19.7 Å². The van der Waals surface area contributed by atoms with Crippen molar-refractivity contribution >= 4 is 52.3 Å². The number of sulfone groups is 2. The molecule has 142 valence electrons. The number of aromatic nitrogens is 1. The highest BCUT2D eigenvalue weighted by molar-refractivity contribution is 7.91. The molecule has 27 heavy (non-hydrogen) atoms. The Kier molecular flexibility index (Phi) is 5.06. The van der Waals surface area contributed by atoms with Crippen LogP contribution in [0.4, 0.5) is 5.13 Å². The summed E-state index contributed by atoms with van der Waals surface area (Å²) in [6, 6.07) is 10.7. The van der Waals surface area contributed by atoms with Crippen molar-refractivity contribution in [2.24, 2.45) is 0 Å². The zero-order valence-electron chi connectivity index (χ0n) is 14.5. The van der Waals surface area contributed by atoms with Crippen molar-refractivity contribution in [1.29, 1.82) is 0 Å². The Morgan fingerprint density at radius 3 is 2.15 bits per heavy atom. The summed E-state index contributed by atoms with van der Waals surface area (Å²) in [4.78, 5) is 16.9. The van der Waals surface area contributed by atoms with E-state index in [0.717, 1.165) is 12.5 Å². The van der Waals surface area contributed by atoms with Gasteiger partial charge in [0, 0.05) is 12.5 Å². The number of rotatable bonds is 5. The summed E-state index contributed by atoms with van der Waals surface area (Å²) < 4.78 is 46.8. The van der Waals surface area contributed by atoms with Gasteiger partial charge < -0.3 is 5.32 Å². The molecule has 0 saturated heterocycles. The molecule has 2 aromatic carbocycles. The van der Waals surface area contributed by atoms with Gasteiger partial charge in [-0.2, -0.15) is 0 Å².